The van der Waals surface area contributed by atoms with Crippen molar-refractivity contribution in [1.29, 1.82) is 0 Å². The molecule has 0 aliphatic heterocycles. The molecule has 1 rings (SSSR count). The highest BCUT2D eigenvalue weighted by Crippen LogP contribution is 2.17. The molecule has 0 saturated carbocycles. The van der Waals surface area contributed by atoms with E-state index >= 15 is 0 Å². The molecule has 0 aromatic heterocycles. The largest absolute Gasteiger partial charge is 0.479 e. The summed E-state index contributed by atoms with van der Waals surface area (Å²) in [6.07, 6.45) is -0.757. The molecule has 0 aliphatic rings. The minimum Gasteiger partial charge on any atom is -0.479 e. The number of carbonyl (C=O) groups excluding carboxylic acids is 1. The Labute approximate surface area is 100 Å². The molecule has 0 fully saturated rings. The molecule has 1 atom stereocenters. The minimum absolute atomic E-state index is 0.135. The number of rotatable bonds is 4. The van der Waals surface area contributed by atoms with Crippen LogP contribution in [0.4, 0.5) is 0 Å². The van der Waals surface area contributed by atoms with Gasteiger partial charge in [0.2, 0.25) is 0 Å². The molecule has 0 heterocycles. The summed E-state index contributed by atoms with van der Waals surface area (Å²) in [5.41, 5.74) is 0. The first-order valence-electron chi connectivity index (χ1n) is 5.11. The quantitative estimate of drug-likeness (QED) is 0.762. The molecule has 0 radical (unpaired) electrons. The van der Waals surface area contributed by atoms with Crippen LogP contribution in [0, 0.1) is 0 Å². The third kappa shape index (κ3) is 4.11. The third-order valence-corrected chi connectivity index (χ3v) is 2.06. The maximum atomic E-state index is 11.5. The summed E-state index contributed by atoms with van der Waals surface area (Å²) < 4.78 is 10.4. The Bertz CT molecular complexity index is 346. The Balaban J connectivity index is 2.53. The van der Waals surface area contributed by atoms with Crippen LogP contribution in [0.2, 0.25) is 5.02 Å². The van der Waals surface area contributed by atoms with Gasteiger partial charge in [0.1, 0.15) is 5.75 Å². The van der Waals surface area contributed by atoms with E-state index in [4.69, 9.17) is 21.1 Å². The van der Waals surface area contributed by atoms with Gasteiger partial charge in [0, 0.05) is 5.02 Å². The molecule has 0 saturated heterocycles. The molecule has 16 heavy (non-hydrogen) atoms. The number of carbonyl (C=O) groups is 1. The zero-order chi connectivity index (χ0) is 12.1. The predicted octanol–water partition coefficient (Wildman–Crippen LogP) is 3.06. The molecule has 4 heteroatoms. The summed E-state index contributed by atoms with van der Waals surface area (Å²) in [5, 5.41) is 0.629. The van der Waals surface area contributed by atoms with Gasteiger partial charge >= 0.3 is 5.97 Å². The second-order valence-corrected chi connectivity index (χ2v) is 4.14. The zero-order valence-electron chi connectivity index (χ0n) is 9.57. The van der Waals surface area contributed by atoms with Crippen LogP contribution in [0.25, 0.3) is 0 Å². The summed E-state index contributed by atoms with van der Waals surface area (Å²) in [6, 6.07) is 6.83. The van der Waals surface area contributed by atoms with E-state index in [0.29, 0.717) is 10.8 Å². The summed E-state index contributed by atoms with van der Waals surface area (Å²) in [6.45, 7) is 5.25. The Morgan fingerprint density at radius 3 is 2.25 bits per heavy atom. The van der Waals surface area contributed by atoms with Crippen LogP contribution in [0.5, 0.6) is 5.75 Å². The monoisotopic (exact) mass is 242 g/mol. The van der Waals surface area contributed by atoms with E-state index in [1.807, 2.05) is 0 Å². The molecule has 88 valence electrons. The highest BCUT2D eigenvalue weighted by atomic mass is 35.5. The molecule has 0 spiro atoms. The molecule has 0 N–H and O–H groups in total. The van der Waals surface area contributed by atoms with Crippen LogP contribution in [0.3, 0.4) is 0 Å². The lowest BCUT2D eigenvalue weighted by Gasteiger charge is -2.15. The second kappa shape index (κ2) is 5.75. The first-order valence-corrected chi connectivity index (χ1v) is 5.49. The Hall–Kier alpha value is -1.22. The lowest BCUT2D eigenvalue weighted by molar-refractivity contribution is -0.154. The highest BCUT2D eigenvalue weighted by Gasteiger charge is 2.17. The lowest BCUT2D eigenvalue weighted by atomic mass is 10.3. The SMILES string of the molecule is CC(C)OC(=O)[C@H](C)Oc1ccc(Cl)cc1. The van der Waals surface area contributed by atoms with Gasteiger partial charge < -0.3 is 9.47 Å². The first kappa shape index (κ1) is 12.8. The van der Waals surface area contributed by atoms with Crippen molar-refractivity contribution < 1.29 is 14.3 Å². The van der Waals surface area contributed by atoms with E-state index in [-0.39, 0.29) is 12.1 Å². The van der Waals surface area contributed by atoms with Gasteiger partial charge in [-0.1, -0.05) is 11.6 Å². The number of ether oxygens (including phenoxy) is 2. The number of esters is 1. The molecule has 1 aromatic rings. The summed E-state index contributed by atoms with van der Waals surface area (Å²) in [5.74, 6) is 0.225. The summed E-state index contributed by atoms with van der Waals surface area (Å²) in [4.78, 5) is 11.5. The van der Waals surface area contributed by atoms with Gasteiger partial charge in [-0.05, 0) is 45.0 Å². The van der Waals surface area contributed by atoms with Crippen molar-refractivity contribution in [3.05, 3.63) is 29.3 Å². The van der Waals surface area contributed by atoms with Crippen molar-refractivity contribution >= 4 is 17.6 Å². The van der Waals surface area contributed by atoms with E-state index in [1.165, 1.54) is 0 Å². The maximum absolute atomic E-state index is 11.5. The molecule has 0 bridgehead atoms. The van der Waals surface area contributed by atoms with E-state index < -0.39 is 6.10 Å². The Kier molecular flexibility index (Phi) is 4.62. The lowest BCUT2D eigenvalue weighted by Crippen LogP contribution is -2.28. The van der Waals surface area contributed by atoms with E-state index in [0.717, 1.165) is 0 Å². The van der Waals surface area contributed by atoms with Crippen molar-refractivity contribution in [2.45, 2.75) is 33.0 Å². The van der Waals surface area contributed by atoms with Crippen LogP contribution in [0.15, 0.2) is 24.3 Å². The zero-order valence-corrected chi connectivity index (χ0v) is 10.3. The molecule has 0 aliphatic carbocycles. The van der Waals surface area contributed by atoms with E-state index in [9.17, 15) is 4.79 Å². The minimum atomic E-state index is -0.622. The van der Waals surface area contributed by atoms with Gasteiger partial charge in [-0.25, -0.2) is 4.79 Å². The number of halogens is 1. The molecular formula is C12H15ClO3. The number of hydrogen-bond acceptors (Lipinski definition) is 3. The third-order valence-electron chi connectivity index (χ3n) is 1.81. The van der Waals surface area contributed by atoms with Crippen molar-refractivity contribution in [1.82, 2.24) is 0 Å². The van der Waals surface area contributed by atoms with Crippen molar-refractivity contribution in [3.63, 3.8) is 0 Å². The smallest absolute Gasteiger partial charge is 0.347 e. The first-order chi connectivity index (χ1) is 7.49. The van der Waals surface area contributed by atoms with Crippen LogP contribution in [-0.4, -0.2) is 18.2 Å². The van der Waals surface area contributed by atoms with Gasteiger partial charge in [0.15, 0.2) is 6.10 Å². The van der Waals surface area contributed by atoms with Crippen LogP contribution in [-0.2, 0) is 9.53 Å². The maximum Gasteiger partial charge on any atom is 0.347 e. The second-order valence-electron chi connectivity index (χ2n) is 3.70. The molecule has 3 nitrogen and oxygen atoms in total. The average Bonchev–Trinajstić information content (AvgIpc) is 2.20. The highest BCUT2D eigenvalue weighted by molar-refractivity contribution is 6.30. The normalized spacial score (nSPS) is 12.3. The molecule has 1 aromatic carbocycles. The van der Waals surface area contributed by atoms with Gasteiger partial charge in [-0.2, -0.15) is 0 Å². The van der Waals surface area contributed by atoms with Crippen molar-refractivity contribution in [2.75, 3.05) is 0 Å². The molecular weight excluding hydrogens is 228 g/mol. The van der Waals surface area contributed by atoms with E-state index in [2.05, 4.69) is 0 Å². The fourth-order valence-corrected chi connectivity index (χ4v) is 1.22. The molecule has 0 unspecified atom stereocenters. The fourth-order valence-electron chi connectivity index (χ4n) is 1.09. The summed E-state index contributed by atoms with van der Waals surface area (Å²) in [7, 11) is 0. The van der Waals surface area contributed by atoms with Gasteiger partial charge in [-0.15, -0.1) is 0 Å². The fraction of sp³-hybridized carbons (Fsp3) is 0.417. The van der Waals surface area contributed by atoms with Gasteiger partial charge in [-0.3, -0.25) is 0 Å². The predicted molar refractivity (Wildman–Crippen MR) is 62.8 cm³/mol. The van der Waals surface area contributed by atoms with Crippen LogP contribution < -0.4 is 4.74 Å². The number of benzene rings is 1. The van der Waals surface area contributed by atoms with Gasteiger partial charge in [0.05, 0.1) is 6.10 Å². The topological polar surface area (TPSA) is 35.5 Å². The molecule has 0 amide bonds. The summed E-state index contributed by atoms with van der Waals surface area (Å²) >= 11 is 5.73. The van der Waals surface area contributed by atoms with E-state index in [1.54, 1.807) is 45.0 Å². The Morgan fingerprint density at radius 2 is 1.75 bits per heavy atom. The standard InChI is InChI=1S/C12H15ClO3/c1-8(2)15-12(14)9(3)16-11-6-4-10(13)5-7-11/h4-9H,1-3H3/t9-/m0/s1. The Morgan fingerprint density at radius 1 is 1.19 bits per heavy atom. The van der Waals surface area contributed by atoms with Crippen LogP contribution in [0.1, 0.15) is 20.8 Å². The van der Waals surface area contributed by atoms with Crippen molar-refractivity contribution in [3.8, 4) is 5.75 Å². The van der Waals surface area contributed by atoms with Gasteiger partial charge in [0.25, 0.3) is 0 Å². The average molecular weight is 243 g/mol. The van der Waals surface area contributed by atoms with Crippen LogP contribution >= 0.6 is 11.6 Å². The number of hydrogen-bond donors (Lipinski definition) is 0. The van der Waals surface area contributed by atoms with Crippen molar-refractivity contribution in [2.24, 2.45) is 0 Å².